The van der Waals surface area contributed by atoms with Crippen molar-refractivity contribution in [3.05, 3.63) is 12.7 Å². The first kappa shape index (κ1) is 10.9. The van der Waals surface area contributed by atoms with E-state index in [4.69, 9.17) is 5.11 Å². The molecule has 0 aromatic heterocycles. The summed E-state index contributed by atoms with van der Waals surface area (Å²) < 4.78 is 0. The molecule has 0 atom stereocenters. The molecule has 0 amide bonds. The maximum absolute atomic E-state index is 11.0. The molecule has 0 aromatic carbocycles. The molecule has 4 nitrogen and oxygen atoms in total. The number of carbonyl (C=O) groups is 2. The smallest absolute Gasteiger partial charge is 0.327 e. The Bertz CT molecular complexity index is 242. The number of Topliss-reactive ketones (excluding diaryl/α,β-unsaturated/α-hetero) is 1. The predicted molar refractivity (Wildman–Crippen MR) is 52.0 cm³/mol. The summed E-state index contributed by atoms with van der Waals surface area (Å²) in [4.78, 5) is 22.5. The standard InChI is InChI=1S/C7H11NO.C3H4O2/c9-7-5-8-3-1-6(7)2-4-8;1-2-3(4)5/h6H,1-5H2;2H,1H2,(H,4,5). The van der Waals surface area contributed by atoms with Crippen molar-refractivity contribution in [2.24, 2.45) is 5.92 Å². The van der Waals surface area contributed by atoms with Crippen LogP contribution >= 0.6 is 0 Å². The third kappa shape index (κ3) is 2.96. The second-order valence-corrected chi connectivity index (χ2v) is 3.56. The van der Waals surface area contributed by atoms with Gasteiger partial charge in [-0.25, -0.2) is 4.79 Å². The third-order valence-electron chi connectivity index (χ3n) is 2.60. The molecule has 4 heteroatoms. The number of ketones is 1. The van der Waals surface area contributed by atoms with Gasteiger partial charge in [0.05, 0.1) is 6.54 Å². The number of piperidine rings is 3. The second kappa shape index (κ2) is 4.91. The number of hydrogen-bond acceptors (Lipinski definition) is 3. The van der Waals surface area contributed by atoms with Crippen molar-refractivity contribution < 1.29 is 14.7 Å². The van der Waals surface area contributed by atoms with Crippen LogP contribution in [0.4, 0.5) is 0 Å². The molecule has 3 saturated heterocycles. The van der Waals surface area contributed by atoms with E-state index in [2.05, 4.69) is 11.5 Å². The first-order chi connectivity index (χ1) is 6.63. The minimum absolute atomic E-state index is 0.440. The van der Waals surface area contributed by atoms with Crippen LogP contribution in [0.25, 0.3) is 0 Å². The number of carboxylic acid groups (broad SMARTS) is 1. The number of rotatable bonds is 1. The lowest BCUT2D eigenvalue weighted by atomic mass is 9.87. The topological polar surface area (TPSA) is 57.6 Å². The average molecular weight is 197 g/mol. The summed E-state index contributed by atoms with van der Waals surface area (Å²) in [6.45, 7) is 6.03. The maximum atomic E-state index is 11.0. The van der Waals surface area contributed by atoms with E-state index in [0.29, 0.717) is 11.7 Å². The Morgan fingerprint density at radius 2 is 2.00 bits per heavy atom. The molecule has 3 fully saturated rings. The third-order valence-corrected chi connectivity index (χ3v) is 2.60. The van der Waals surface area contributed by atoms with Crippen molar-refractivity contribution in [3.63, 3.8) is 0 Å². The highest BCUT2D eigenvalue weighted by molar-refractivity contribution is 5.84. The van der Waals surface area contributed by atoms with E-state index in [1.807, 2.05) is 0 Å². The summed E-state index contributed by atoms with van der Waals surface area (Å²) >= 11 is 0. The highest BCUT2D eigenvalue weighted by Gasteiger charge is 2.31. The summed E-state index contributed by atoms with van der Waals surface area (Å²) in [5, 5.41) is 7.60. The zero-order valence-electron chi connectivity index (χ0n) is 8.11. The van der Waals surface area contributed by atoms with E-state index in [-0.39, 0.29) is 0 Å². The fourth-order valence-electron chi connectivity index (χ4n) is 1.76. The van der Waals surface area contributed by atoms with Crippen LogP contribution in [0.3, 0.4) is 0 Å². The Balaban J connectivity index is 0.000000171. The first-order valence-electron chi connectivity index (χ1n) is 4.74. The fraction of sp³-hybridized carbons (Fsp3) is 0.600. The Morgan fingerprint density at radius 1 is 1.50 bits per heavy atom. The monoisotopic (exact) mass is 197 g/mol. The summed E-state index contributed by atoms with van der Waals surface area (Å²) in [7, 11) is 0. The molecule has 3 aliphatic rings. The van der Waals surface area contributed by atoms with Crippen LogP contribution in [0.2, 0.25) is 0 Å². The van der Waals surface area contributed by atoms with Crippen molar-refractivity contribution in [3.8, 4) is 0 Å². The minimum Gasteiger partial charge on any atom is -0.478 e. The molecule has 0 spiro atoms. The Morgan fingerprint density at radius 3 is 2.14 bits per heavy atom. The summed E-state index contributed by atoms with van der Waals surface area (Å²) in [5.74, 6) is -0.0625. The van der Waals surface area contributed by atoms with E-state index < -0.39 is 5.97 Å². The summed E-state index contributed by atoms with van der Waals surface area (Å²) in [6, 6.07) is 0. The fourth-order valence-corrected chi connectivity index (χ4v) is 1.76. The average Bonchev–Trinajstić information content (AvgIpc) is 2.20. The highest BCUT2D eigenvalue weighted by Crippen LogP contribution is 2.23. The molecule has 3 rings (SSSR count). The van der Waals surface area contributed by atoms with Gasteiger partial charge in [0.15, 0.2) is 0 Å². The molecule has 78 valence electrons. The minimum atomic E-state index is -0.981. The number of carboxylic acids is 1. The van der Waals surface area contributed by atoms with Crippen LogP contribution in [0.1, 0.15) is 12.8 Å². The molecule has 0 aliphatic carbocycles. The van der Waals surface area contributed by atoms with Gasteiger partial charge >= 0.3 is 5.97 Å². The lowest BCUT2D eigenvalue weighted by molar-refractivity contribution is -0.131. The Hall–Kier alpha value is -1.16. The molecule has 0 unspecified atom stereocenters. The molecule has 3 heterocycles. The molecule has 1 N–H and O–H groups in total. The van der Waals surface area contributed by atoms with Crippen molar-refractivity contribution in [2.45, 2.75) is 12.8 Å². The largest absolute Gasteiger partial charge is 0.478 e. The molecule has 3 aliphatic heterocycles. The van der Waals surface area contributed by atoms with Gasteiger partial charge in [-0.05, 0) is 25.9 Å². The van der Waals surface area contributed by atoms with E-state index in [0.717, 1.165) is 38.6 Å². The van der Waals surface area contributed by atoms with Gasteiger partial charge in [-0.1, -0.05) is 6.58 Å². The molecule has 0 saturated carbocycles. The van der Waals surface area contributed by atoms with Crippen molar-refractivity contribution >= 4 is 11.8 Å². The van der Waals surface area contributed by atoms with E-state index >= 15 is 0 Å². The van der Waals surface area contributed by atoms with Gasteiger partial charge in [-0.3, -0.25) is 9.69 Å². The number of aliphatic carboxylic acids is 1. The SMILES string of the molecule is C=CC(=O)O.O=C1CN2CCC1CC2. The Kier molecular flexibility index (Phi) is 3.83. The van der Waals surface area contributed by atoms with Crippen LogP contribution in [0.15, 0.2) is 12.7 Å². The molecule has 0 radical (unpaired) electrons. The Labute approximate surface area is 83.2 Å². The molecular weight excluding hydrogens is 182 g/mol. The number of carbonyl (C=O) groups excluding carboxylic acids is 1. The van der Waals surface area contributed by atoms with E-state index in [9.17, 15) is 9.59 Å². The lowest BCUT2D eigenvalue weighted by Gasteiger charge is -2.37. The number of fused-ring (bicyclic) bond motifs is 3. The molecule has 14 heavy (non-hydrogen) atoms. The normalized spacial score (nSPS) is 29.0. The van der Waals surface area contributed by atoms with Crippen LogP contribution in [0, 0.1) is 5.92 Å². The van der Waals surface area contributed by atoms with Gasteiger partial charge in [0.2, 0.25) is 0 Å². The highest BCUT2D eigenvalue weighted by atomic mass is 16.4. The quantitative estimate of drug-likeness (QED) is 0.623. The van der Waals surface area contributed by atoms with Gasteiger partial charge in [-0.15, -0.1) is 0 Å². The summed E-state index contributed by atoms with van der Waals surface area (Å²) in [5.41, 5.74) is 0. The van der Waals surface area contributed by atoms with Crippen LogP contribution < -0.4 is 0 Å². The maximum Gasteiger partial charge on any atom is 0.327 e. The van der Waals surface area contributed by atoms with Crippen molar-refractivity contribution in [2.75, 3.05) is 19.6 Å². The molecule has 2 bridgehead atoms. The van der Waals surface area contributed by atoms with Crippen molar-refractivity contribution in [1.82, 2.24) is 4.90 Å². The van der Waals surface area contributed by atoms with Gasteiger partial charge in [0, 0.05) is 12.0 Å². The first-order valence-corrected chi connectivity index (χ1v) is 4.74. The molecular formula is C10H15NO3. The second-order valence-electron chi connectivity index (χ2n) is 3.56. The van der Waals surface area contributed by atoms with E-state index in [1.165, 1.54) is 0 Å². The number of hydrogen-bond donors (Lipinski definition) is 1. The summed E-state index contributed by atoms with van der Waals surface area (Å²) in [6.07, 6.45) is 3.08. The van der Waals surface area contributed by atoms with Crippen LogP contribution in [-0.4, -0.2) is 41.4 Å². The lowest BCUT2D eigenvalue weighted by Crippen LogP contribution is -2.47. The van der Waals surface area contributed by atoms with E-state index in [1.54, 1.807) is 0 Å². The predicted octanol–water partition coefficient (Wildman–Crippen LogP) is 0.538. The van der Waals surface area contributed by atoms with Gasteiger partial charge in [-0.2, -0.15) is 0 Å². The van der Waals surface area contributed by atoms with Gasteiger partial charge < -0.3 is 5.11 Å². The van der Waals surface area contributed by atoms with Crippen LogP contribution in [0.5, 0.6) is 0 Å². The van der Waals surface area contributed by atoms with Gasteiger partial charge in [0.1, 0.15) is 5.78 Å². The zero-order chi connectivity index (χ0) is 10.6. The van der Waals surface area contributed by atoms with Crippen molar-refractivity contribution in [1.29, 1.82) is 0 Å². The molecule has 0 aromatic rings. The number of nitrogens with zero attached hydrogens (tertiary/aromatic N) is 1. The zero-order valence-corrected chi connectivity index (χ0v) is 8.11. The van der Waals surface area contributed by atoms with Gasteiger partial charge in [0.25, 0.3) is 0 Å². The van der Waals surface area contributed by atoms with Crippen LogP contribution in [-0.2, 0) is 9.59 Å².